The van der Waals surface area contributed by atoms with E-state index in [-0.39, 0.29) is 18.1 Å². The smallest absolute Gasteiger partial charge is 0.319 e. The van der Waals surface area contributed by atoms with Crippen LogP contribution in [0, 0.1) is 6.92 Å². The normalized spacial score (nSPS) is 19.1. The molecule has 0 saturated heterocycles. The summed E-state index contributed by atoms with van der Waals surface area (Å²) in [7, 11) is 3.32. The van der Waals surface area contributed by atoms with E-state index in [1.54, 1.807) is 14.2 Å². The number of likely N-dealkylation sites (N-methyl/N-ethyl adjacent to an activating group) is 1. The SMILES string of the molecule is CC[NH+]1CCc2cc(OC)c(OC)cc2[C@H]1[C@@H](C)NC(=O)Nc1ccc(C)cc1. The molecule has 1 aliphatic heterocycles. The van der Waals surface area contributed by atoms with Gasteiger partial charge in [-0.2, -0.15) is 0 Å². The van der Waals surface area contributed by atoms with E-state index < -0.39 is 0 Å². The fourth-order valence-electron chi connectivity index (χ4n) is 4.23. The number of benzene rings is 2. The predicted molar refractivity (Wildman–Crippen MR) is 115 cm³/mol. The Morgan fingerprint density at radius 1 is 1.17 bits per heavy atom. The first kappa shape index (κ1) is 21.0. The van der Waals surface area contributed by atoms with Crippen LogP contribution in [0.25, 0.3) is 0 Å². The fraction of sp³-hybridized carbons (Fsp3) is 0.435. The number of ether oxygens (including phenoxy) is 2. The summed E-state index contributed by atoms with van der Waals surface area (Å²) < 4.78 is 11.0. The molecule has 6 heteroatoms. The monoisotopic (exact) mass is 398 g/mol. The summed E-state index contributed by atoms with van der Waals surface area (Å²) in [6.07, 6.45) is 0.984. The van der Waals surface area contributed by atoms with E-state index in [4.69, 9.17) is 9.47 Å². The molecule has 3 N–H and O–H groups in total. The maximum atomic E-state index is 12.6. The van der Waals surface area contributed by atoms with Crippen molar-refractivity contribution in [3.63, 3.8) is 0 Å². The van der Waals surface area contributed by atoms with Crippen molar-refractivity contribution in [2.75, 3.05) is 32.6 Å². The maximum Gasteiger partial charge on any atom is 0.319 e. The number of fused-ring (bicyclic) bond motifs is 1. The van der Waals surface area contributed by atoms with Gasteiger partial charge in [0.1, 0.15) is 6.04 Å². The summed E-state index contributed by atoms with van der Waals surface area (Å²) in [5.41, 5.74) is 4.43. The molecule has 0 aliphatic carbocycles. The van der Waals surface area contributed by atoms with Gasteiger partial charge >= 0.3 is 6.03 Å². The lowest BCUT2D eigenvalue weighted by atomic mass is 9.88. The average Bonchev–Trinajstić information content (AvgIpc) is 2.73. The molecule has 0 saturated carbocycles. The second kappa shape index (κ2) is 9.18. The molecule has 0 spiro atoms. The first-order valence-corrected chi connectivity index (χ1v) is 10.2. The minimum Gasteiger partial charge on any atom is -0.493 e. The topological polar surface area (TPSA) is 64.0 Å². The Balaban J connectivity index is 1.81. The van der Waals surface area contributed by atoms with E-state index in [1.807, 2.05) is 31.2 Å². The van der Waals surface area contributed by atoms with Crippen LogP contribution in [0.5, 0.6) is 11.5 Å². The number of carbonyl (C=O) groups excluding carboxylic acids is 1. The molecule has 2 aromatic rings. The van der Waals surface area contributed by atoms with Crippen LogP contribution in [0.1, 0.15) is 36.6 Å². The molecule has 29 heavy (non-hydrogen) atoms. The molecule has 2 aromatic carbocycles. The Morgan fingerprint density at radius 3 is 2.45 bits per heavy atom. The van der Waals surface area contributed by atoms with Crippen molar-refractivity contribution >= 4 is 11.7 Å². The van der Waals surface area contributed by atoms with Crippen molar-refractivity contribution in [3.05, 3.63) is 53.1 Å². The number of aryl methyl sites for hydroxylation is 1. The van der Waals surface area contributed by atoms with E-state index in [9.17, 15) is 4.79 Å². The van der Waals surface area contributed by atoms with Crippen molar-refractivity contribution in [3.8, 4) is 11.5 Å². The van der Waals surface area contributed by atoms with E-state index in [2.05, 4.69) is 36.6 Å². The molecule has 1 unspecified atom stereocenters. The highest BCUT2D eigenvalue weighted by atomic mass is 16.5. The van der Waals surface area contributed by atoms with Gasteiger partial charge in [0.25, 0.3) is 0 Å². The van der Waals surface area contributed by atoms with E-state index >= 15 is 0 Å². The Labute approximate surface area is 173 Å². The summed E-state index contributed by atoms with van der Waals surface area (Å²) in [4.78, 5) is 14.1. The molecule has 156 valence electrons. The second-order valence-electron chi connectivity index (χ2n) is 7.65. The van der Waals surface area contributed by atoms with Crippen molar-refractivity contribution < 1.29 is 19.2 Å². The zero-order chi connectivity index (χ0) is 21.0. The van der Waals surface area contributed by atoms with Gasteiger partial charge in [-0.3, -0.25) is 0 Å². The van der Waals surface area contributed by atoms with Gasteiger partial charge in [0.15, 0.2) is 11.5 Å². The van der Waals surface area contributed by atoms with Crippen molar-refractivity contribution in [1.82, 2.24) is 5.32 Å². The number of amides is 2. The number of hydrogen-bond donors (Lipinski definition) is 3. The van der Waals surface area contributed by atoms with Crippen LogP contribution in [0.3, 0.4) is 0 Å². The summed E-state index contributed by atoms with van der Waals surface area (Å²) >= 11 is 0. The third-order valence-electron chi connectivity index (χ3n) is 5.76. The van der Waals surface area contributed by atoms with Gasteiger partial charge in [-0.1, -0.05) is 17.7 Å². The lowest BCUT2D eigenvalue weighted by Gasteiger charge is -2.37. The summed E-state index contributed by atoms with van der Waals surface area (Å²) in [6, 6.07) is 11.9. The standard InChI is InChI=1S/C23H31N3O3/c1-6-26-12-11-17-13-20(28-4)21(29-5)14-19(17)22(26)16(3)24-23(27)25-18-9-7-15(2)8-10-18/h7-10,13-14,16,22H,6,11-12H2,1-5H3,(H2,24,25,27)/p+1/t16-,22-/m1/s1. The number of hydrogen-bond acceptors (Lipinski definition) is 3. The largest absolute Gasteiger partial charge is 0.493 e. The van der Waals surface area contributed by atoms with Crippen LogP contribution in [-0.2, 0) is 6.42 Å². The second-order valence-corrected chi connectivity index (χ2v) is 7.65. The average molecular weight is 399 g/mol. The van der Waals surface area contributed by atoms with Gasteiger partial charge in [-0.15, -0.1) is 0 Å². The molecular formula is C23H32N3O3+. The molecule has 1 heterocycles. The molecule has 3 atom stereocenters. The lowest BCUT2D eigenvalue weighted by molar-refractivity contribution is -0.933. The van der Waals surface area contributed by atoms with Crippen LogP contribution < -0.4 is 25.0 Å². The molecule has 0 bridgehead atoms. The molecule has 2 amide bonds. The van der Waals surface area contributed by atoms with Crippen molar-refractivity contribution in [1.29, 1.82) is 0 Å². The number of nitrogens with one attached hydrogen (secondary N) is 3. The first-order chi connectivity index (χ1) is 14.0. The Bertz CT molecular complexity index is 851. The third kappa shape index (κ3) is 4.65. The van der Waals surface area contributed by atoms with E-state index in [0.29, 0.717) is 0 Å². The van der Waals surface area contributed by atoms with Gasteiger partial charge < -0.3 is 25.0 Å². The summed E-state index contributed by atoms with van der Waals surface area (Å²) in [6.45, 7) is 8.30. The van der Waals surface area contributed by atoms with E-state index in [0.717, 1.165) is 42.3 Å². The van der Waals surface area contributed by atoms with E-state index in [1.165, 1.54) is 16.0 Å². The number of quaternary nitrogens is 1. The lowest BCUT2D eigenvalue weighted by Crippen LogP contribution is -3.14. The third-order valence-corrected chi connectivity index (χ3v) is 5.76. The maximum absolute atomic E-state index is 12.6. The number of rotatable bonds is 6. The summed E-state index contributed by atoms with van der Waals surface area (Å²) in [5, 5.41) is 6.07. The Kier molecular flexibility index (Phi) is 6.64. The van der Waals surface area contributed by atoms with Gasteiger partial charge in [0, 0.05) is 17.7 Å². The number of carbonyl (C=O) groups is 1. The quantitative estimate of drug-likeness (QED) is 0.701. The van der Waals surface area contributed by atoms with Crippen LogP contribution >= 0.6 is 0 Å². The van der Waals surface area contributed by atoms with Gasteiger partial charge in [0.2, 0.25) is 0 Å². The first-order valence-electron chi connectivity index (χ1n) is 10.2. The van der Waals surface area contributed by atoms with Crippen molar-refractivity contribution in [2.24, 2.45) is 0 Å². The zero-order valence-electron chi connectivity index (χ0n) is 18.0. The molecule has 1 aliphatic rings. The molecular weight excluding hydrogens is 366 g/mol. The summed E-state index contributed by atoms with van der Waals surface area (Å²) in [5.74, 6) is 1.48. The highest BCUT2D eigenvalue weighted by Crippen LogP contribution is 2.35. The molecule has 0 fully saturated rings. The predicted octanol–water partition coefficient (Wildman–Crippen LogP) is 2.72. The highest BCUT2D eigenvalue weighted by Gasteiger charge is 2.36. The molecule has 3 rings (SSSR count). The molecule has 0 radical (unpaired) electrons. The molecule has 6 nitrogen and oxygen atoms in total. The van der Waals surface area contributed by atoms with Gasteiger partial charge in [0.05, 0.1) is 33.4 Å². The number of anilines is 1. The minimum absolute atomic E-state index is 0.0486. The highest BCUT2D eigenvalue weighted by molar-refractivity contribution is 5.89. The van der Waals surface area contributed by atoms with Crippen LogP contribution in [0.2, 0.25) is 0 Å². The zero-order valence-corrected chi connectivity index (χ0v) is 18.0. The molecule has 0 aromatic heterocycles. The van der Waals surface area contributed by atoms with Gasteiger partial charge in [-0.05, 0) is 50.6 Å². The Morgan fingerprint density at radius 2 is 1.83 bits per heavy atom. The van der Waals surface area contributed by atoms with Crippen LogP contribution in [-0.4, -0.2) is 39.4 Å². The van der Waals surface area contributed by atoms with Crippen LogP contribution in [0.4, 0.5) is 10.5 Å². The van der Waals surface area contributed by atoms with Crippen LogP contribution in [0.15, 0.2) is 36.4 Å². The van der Waals surface area contributed by atoms with Gasteiger partial charge in [-0.25, -0.2) is 4.79 Å². The fourth-order valence-corrected chi connectivity index (χ4v) is 4.23. The number of urea groups is 1. The van der Waals surface area contributed by atoms with Crippen molar-refractivity contribution in [2.45, 2.75) is 39.3 Å². The Hall–Kier alpha value is -2.73. The minimum atomic E-state index is -0.190. The number of methoxy groups -OCH3 is 2.